The van der Waals surface area contributed by atoms with Crippen LogP contribution in [0.25, 0.3) is 0 Å². The summed E-state index contributed by atoms with van der Waals surface area (Å²) >= 11 is 0. The van der Waals surface area contributed by atoms with Gasteiger partial charge in [-0.3, -0.25) is 14.5 Å². The third-order valence-corrected chi connectivity index (χ3v) is 6.40. The third-order valence-electron chi connectivity index (χ3n) is 6.40. The molecular weight excluding hydrogens is 386 g/mol. The number of likely N-dealkylation sites (tertiary alicyclic amines) is 2. The fourth-order valence-electron chi connectivity index (χ4n) is 4.80. The average molecular weight is 420 g/mol. The zero-order valence-corrected chi connectivity index (χ0v) is 18.4. The molecule has 0 spiro atoms. The van der Waals surface area contributed by atoms with E-state index >= 15 is 0 Å². The first-order valence-electron chi connectivity index (χ1n) is 11.6. The minimum absolute atomic E-state index is 0.0568. The number of hydrogen-bond acceptors (Lipinski definition) is 3. The van der Waals surface area contributed by atoms with Gasteiger partial charge in [0.2, 0.25) is 5.91 Å². The van der Waals surface area contributed by atoms with Crippen molar-refractivity contribution in [1.82, 2.24) is 9.80 Å². The summed E-state index contributed by atoms with van der Waals surface area (Å²) in [6.45, 7) is 6.21. The maximum absolute atomic E-state index is 13.3. The van der Waals surface area contributed by atoms with Crippen LogP contribution in [0.1, 0.15) is 56.2 Å². The topological polar surface area (TPSA) is 52.7 Å². The van der Waals surface area contributed by atoms with Crippen molar-refractivity contribution in [1.29, 1.82) is 0 Å². The Bertz CT molecular complexity index is 881. The summed E-state index contributed by atoms with van der Waals surface area (Å²) in [5.41, 5.74) is 2.88. The highest BCUT2D eigenvalue weighted by atomic mass is 16.2. The van der Waals surface area contributed by atoms with Crippen LogP contribution >= 0.6 is 0 Å². The maximum atomic E-state index is 13.3. The number of hydrogen-bond donors (Lipinski definition) is 1. The lowest BCUT2D eigenvalue weighted by Gasteiger charge is -2.34. The number of carbonyl (C=O) groups excluding carboxylic acids is 2. The molecule has 4 rings (SSSR count). The molecule has 164 valence electrons. The molecule has 0 saturated carbocycles. The monoisotopic (exact) mass is 419 g/mol. The lowest BCUT2D eigenvalue weighted by molar-refractivity contribution is -0.141. The van der Waals surface area contributed by atoms with Crippen molar-refractivity contribution in [2.45, 2.75) is 51.6 Å². The van der Waals surface area contributed by atoms with Gasteiger partial charge in [0.1, 0.15) is 6.04 Å². The van der Waals surface area contributed by atoms with Crippen molar-refractivity contribution >= 4 is 17.5 Å². The summed E-state index contributed by atoms with van der Waals surface area (Å²) in [6, 6.07) is 17.2. The van der Waals surface area contributed by atoms with E-state index in [-0.39, 0.29) is 11.8 Å². The highest BCUT2D eigenvalue weighted by molar-refractivity contribution is 5.98. The molecule has 31 heavy (non-hydrogen) atoms. The highest BCUT2D eigenvalue weighted by Gasteiger charge is 2.32. The van der Waals surface area contributed by atoms with Gasteiger partial charge < -0.3 is 10.2 Å². The Labute approximate surface area is 185 Å². The molecule has 2 saturated heterocycles. The van der Waals surface area contributed by atoms with Crippen molar-refractivity contribution in [3.63, 3.8) is 0 Å². The van der Waals surface area contributed by atoms with E-state index < -0.39 is 6.04 Å². The predicted molar refractivity (Wildman–Crippen MR) is 123 cm³/mol. The molecular formula is C26H33N3O2. The maximum Gasteiger partial charge on any atom is 0.251 e. The number of nitrogens with zero attached hydrogens (tertiary/aromatic N) is 2. The van der Waals surface area contributed by atoms with Crippen LogP contribution in [0.15, 0.2) is 54.6 Å². The van der Waals surface area contributed by atoms with Crippen LogP contribution in [0.4, 0.5) is 5.69 Å². The molecule has 1 N–H and O–H groups in total. The third kappa shape index (κ3) is 5.53. The van der Waals surface area contributed by atoms with Gasteiger partial charge in [-0.25, -0.2) is 0 Å². The molecule has 2 aliphatic rings. The molecule has 0 aromatic heterocycles. The molecule has 2 aromatic rings. The van der Waals surface area contributed by atoms with Gasteiger partial charge in [0.15, 0.2) is 0 Å². The number of piperidine rings is 2. The van der Waals surface area contributed by atoms with Gasteiger partial charge in [-0.1, -0.05) is 49.4 Å². The van der Waals surface area contributed by atoms with Gasteiger partial charge in [0.05, 0.1) is 0 Å². The van der Waals surface area contributed by atoms with Crippen molar-refractivity contribution in [3.05, 3.63) is 65.7 Å². The zero-order valence-electron chi connectivity index (χ0n) is 18.4. The fourth-order valence-corrected chi connectivity index (χ4v) is 4.80. The minimum atomic E-state index is -0.594. The average Bonchev–Trinajstić information content (AvgIpc) is 2.77. The minimum Gasteiger partial charge on any atom is -0.327 e. The Morgan fingerprint density at radius 2 is 1.81 bits per heavy atom. The lowest BCUT2D eigenvalue weighted by atomic mass is 9.99. The Morgan fingerprint density at radius 3 is 2.52 bits per heavy atom. The molecule has 2 atom stereocenters. The van der Waals surface area contributed by atoms with E-state index in [0.29, 0.717) is 13.0 Å². The van der Waals surface area contributed by atoms with E-state index in [0.717, 1.165) is 49.6 Å². The number of benzene rings is 2. The molecule has 5 nitrogen and oxygen atoms in total. The van der Waals surface area contributed by atoms with Gasteiger partial charge in [-0.15, -0.1) is 0 Å². The summed E-state index contributed by atoms with van der Waals surface area (Å²) < 4.78 is 0. The Hall–Kier alpha value is -2.66. The molecule has 0 radical (unpaired) electrons. The van der Waals surface area contributed by atoms with E-state index in [4.69, 9.17) is 0 Å². The number of rotatable bonds is 6. The fraction of sp³-hybridized carbons (Fsp3) is 0.462. The molecule has 2 unspecified atom stereocenters. The second kappa shape index (κ2) is 10.1. The van der Waals surface area contributed by atoms with Crippen LogP contribution in [-0.2, 0) is 16.1 Å². The molecule has 5 heteroatoms. The van der Waals surface area contributed by atoms with Gasteiger partial charge >= 0.3 is 0 Å². The van der Waals surface area contributed by atoms with Crippen molar-refractivity contribution in [2.24, 2.45) is 5.92 Å². The van der Waals surface area contributed by atoms with Crippen molar-refractivity contribution in [3.8, 4) is 0 Å². The number of anilines is 1. The number of nitrogens with one attached hydrogen (secondary N) is 1. The second-order valence-electron chi connectivity index (χ2n) is 9.03. The molecule has 0 aliphatic carbocycles. The molecule has 2 amide bonds. The molecule has 2 fully saturated rings. The predicted octanol–water partition coefficient (Wildman–Crippen LogP) is 4.61. The molecule has 2 heterocycles. The smallest absolute Gasteiger partial charge is 0.251 e. The van der Waals surface area contributed by atoms with Crippen LogP contribution in [0.5, 0.6) is 0 Å². The van der Waals surface area contributed by atoms with Crippen molar-refractivity contribution in [2.75, 3.05) is 25.0 Å². The Kier molecular flexibility index (Phi) is 7.03. The summed E-state index contributed by atoms with van der Waals surface area (Å²) in [6.07, 6.45) is 4.94. The lowest BCUT2D eigenvalue weighted by Crippen LogP contribution is -2.43. The van der Waals surface area contributed by atoms with Crippen LogP contribution < -0.4 is 5.32 Å². The molecule has 2 aliphatic heterocycles. The largest absolute Gasteiger partial charge is 0.327 e. The number of amides is 2. The van der Waals surface area contributed by atoms with Gasteiger partial charge in [0, 0.05) is 31.7 Å². The van der Waals surface area contributed by atoms with Crippen LogP contribution in [0, 0.1) is 5.92 Å². The first-order valence-corrected chi connectivity index (χ1v) is 11.6. The van der Waals surface area contributed by atoms with Gasteiger partial charge in [0.25, 0.3) is 5.91 Å². The highest BCUT2D eigenvalue weighted by Crippen LogP contribution is 2.27. The van der Waals surface area contributed by atoms with Crippen LogP contribution in [0.2, 0.25) is 0 Å². The summed E-state index contributed by atoms with van der Waals surface area (Å²) in [4.78, 5) is 30.1. The number of carbonyl (C=O) groups is 2. The van der Waals surface area contributed by atoms with E-state index in [1.165, 1.54) is 18.4 Å². The Morgan fingerprint density at radius 1 is 1.03 bits per heavy atom. The van der Waals surface area contributed by atoms with E-state index in [9.17, 15) is 9.59 Å². The summed E-state index contributed by atoms with van der Waals surface area (Å²) in [7, 11) is 0. The first kappa shape index (κ1) is 21.6. The van der Waals surface area contributed by atoms with Gasteiger partial charge in [-0.05, 0) is 61.4 Å². The van der Waals surface area contributed by atoms with E-state index in [2.05, 4.69) is 29.3 Å². The zero-order chi connectivity index (χ0) is 21.6. The van der Waals surface area contributed by atoms with Crippen LogP contribution in [0.3, 0.4) is 0 Å². The summed E-state index contributed by atoms with van der Waals surface area (Å²) in [5, 5.41) is 3.05. The Balaban J connectivity index is 1.45. The normalized spacial score (nSPS) is 21.0. The molecule has 0 bridgehead atoms. The van der Waals surface area contributed by atoms with Crippen LogP contribution in [-0.4, -0.2) is 41.2 Å². The quantitative estimate of drug-likeness (QED) is 0.744. The van der Waals surface area contributed by atoms with Crippen molar-refractivity contribution < 1.29 is 9.59 Å². The standard InChI is InChI=1S/C26H33N3O2/c1-20-8-7-16-28(18-20)19-21-12-14-23(15-13-21)27-26(31)25(22-9-3-2-4-10-22)29-17-6-5-11-24(29)30/h2-4,9-10,12-15,20,25H,5-8,11,16-19H2,1H3,(H,27,31). The SMILES string of the molecule is CC1CCCN(Cc2ccc(NC(=O)C(c3ccccc3)N3CCCCC3=O)cc2)C1. The van der Waals surface area contributed by atoms with E-state index in [1.807, 2.05) is 42.5 Å². The van der Waals surface area contributed by atoms with E-state index in [1.54, 1.807) is 4.90 Å². The first-order chi connectivity index (χ1) is 15.1. The van der Waals surface area contributed by atoms with Gasteiger partial charge in [-0.2, -0.15) is 0 Å². The molecule has 2 aromatic carbocycles. The second-order valence-corrected chi connectivity index (χ2v) is 9.03. The summed E-state index contributed by atoms with van der Waals surface area (Å²) in [5.74, 6) is 0.667.